The van der Waals surface area contributed by atoms with Gasteiger partial charge in [-0.1, -0.05) is 42.7 Å². The SMILES string of the molecule is C#CCC(=O)C1(c2ccccc2)CCC1. The molecule has 0 unspecified atom stereocenters. The first kappa shape index (κ1) is 9.98. The van der Waals surface area contributed by atoms with Gasteiger partial charge in [-0.3, -0.25) is 4.79 Å². The maximum absolute atomic E-state index is 12.0. The highest BCUT2D eigenvalue weighted by molar-refractivity contribution is 5.92. The average molecular weight is 198 g/mol. The lowest BCUT2D eigenvalue weighted by atomic mass is 9.61. The molecule has 15 heavy (non-hydrogen) atoms. The van der Waals surface area contributed by atoms with Crippen LogP contribution in [0, 0.1) is 12.3 Å². The van der Waals surface area contributed by atoms with Gasteiger partial charge in [-0.15, -0.1) is 6.42 Å². The lowest BCUT2D eigenvalue weighted by Gasteiger charge is -2.40. The van der Waals surface area contributed by atoms with E-state index in [4.69, 9.17) is 6.42 Å². The molecule has 1 aromatic carbocycles. The van der Waals surface area contributed by atoms with E-state index >= 15 is 0 Å². The summed E-state index contributed by atoms with van der Waals surface area (Å²) in [6.07, 6.45) is 8.51. The molecular weight excluding hydrogens is 184 g/mol. The Hall–Kier alpha value is -1.55. The van der Waals surface area contributed by atoms with Gasteiger partial charge in [0.2, 0.25) is 0 Å². The van der Waals surface area contributed by atoms with Crippen molar-refractivity contribution in [3.05, 3.63) is 35.9 Å². The Bertz CT molecular complexity index is 393. The van der Waals surface area contributed by atoms with Crippen molar-refractivity contribution < 1.29 is 4.79 Å². The molecule has 1 aliphatic rings. The maximum atomic E-state index is 12.0. The van der Waals surface area contributed by atoms with Crippen molar-refractivity contribution in [1.82, 2.24) is 0 Å². The van der Waals surface area contributed by atoms with Gasteiger partial charge in [-0.2, -0.15) is 0 Å². The highest BCUT2D eigenvalue weighted by atomic mass is 16.1. The number of carbonyl (C=O) groups excluding carboxylic acids is 1. The molecular formula is C14H14O. The van der Waals surface area contributed by atoms with Crippen molar-refractivity contribution in [1.29, 1.82) is 0 Å². The van der Waals surface area contributed by atoms with Crippen molar-refractivity contribution >= 4 is 5.78 Å². The molecule has 0 radical (unpaired) electrons. The van der Waals surface area contributed by atoms with Crippen LogP contribution in [-0.2, 0) is 10.2 Å². The molecule has 0 N–H and O–H groups in total. The Morgan fingerprint density at radius 1 is 1.33 bits per heavy atom. The van der Waals surface area contributed by atoms with Gasteiger partial charge in [-0.05, 0) is 18.4 Å². The molecule has 1 nitrogen and oxygen atoms in total. The summed E-state index contributed by atoms with van der Waals surface area (Å²) in [5.41, 5.74) is 0.879. The van der Waals surface area contributed by atoms with Gasteiger partial charge in [0.25, 0.3) is 0 Å². The molecule has 0 aromatic heterocycles. The number of Topliss-reactive ketones (excluding diaryl/α,β-unsaturated/α-hetero) is 1. The topological polar surface area (TPSA) is 17.1 Å². The lowest BCUT2D eigenvalue weighted by molar-refractivity contribution is -0.126. The van der Waals surface area contributed by atoms with Gasteiger partial charge in [0, 0.05) is 0 Å². The Morgan fingerprint density at radius 2 is 2.00 bits per heavy atom. The molecule has 1 aliphatic carbocycles. The second kappa shape index (κ2) is 3.90. The molecule has 1 aromatic rings. The number of rotatable bonds is 3. The van der Waals surface area contributed by atoms with E-state index < -0.39 is 0 Å². The first-order valence-corrected chi connectivity index (χ1v) is 5.32. The van der Waals surface area contributed by atoms with Crippen LogP contribution in [0.1, 0.15) is 31.2 Å². The minimum atomic E-state index is -0.256. The third kappa shape index (κ3) is 1.57. The molecule has 0 saturated heterocycles. The van der Waals surface area contributed by atoms with E-state index in [1.165, 1.54) is 0 Å². The fourth-order valence-electron chi connectivity index (χ4n) is 2.28. The van der Waals surface area contributed by atoms with Gasteiger partial charge in [-0.25, -0.2) is 0 Å². The largest absolute Gasteiger partial charge is 0.298 e. The molecule has 0 amide bonds. The second-order valence-corrected chi connectivity index (χ2v) is 4.11. The van der Waals surface area contributed by atoms with Crippen molar-refractivity contribution in [3.63, 3.8) is 0 Å². The molecule has 1 saturated carbocycles. The number of hydrogen-bond donors (Lipinski definition) is 0. The van der Waals surface area contributed by atoms with Gasteiger partial charge in [0.05, 0.1) is 11.8 Å². The lowest BCUT2D eigenvalue weighted by Crippen LogP contribution is -2.42. The maximum Gasteiger partial charge on any atom is 0.155 e. The molecule has 0 aliphatic heterocycles. The summed E-state index contributed by atoms with van der Waals surface area (Å²) in [6.45, 7) is 0. The highest BCUT2D eigenvalue weighted by Crippen LogP contribution is 2.44. The minimum Gasteiger partial charge on any atom is -0.298 e. The minimum absolute atomic E-state index is 0.211. The summed E-state index contributed by atoms with van der Waals surface area (Å²) in [4.78, 5) is 12.0. The zero-order chi connectivity index (χ0) is 10.7. The second-order valence-electron chi connectivity index (χ2n) is 4.11. The Labute approximate surface area is 90.5 Å². The Morgan fingerprint density at radius 3 is 2.47 bits per heavy atom. The number of hydrogen-bond acceptors (Lipinski definition) is 1. The average Bonchev–Trinajstić information content (AvgIpc) is 2.18. The third-order valence-electron chi connectivity index (χ3n) is 3.33. The van der Waals surface area contributed by atoms with Gasteiger partial charge >= 0.3 is 0 Å². The smallest absolute Gasteiger partial charge is 0.155 e. The van der Waals surface area contributed by atoms with E-state index in [1.54, 1.807) is 0 Å². The first-order chi connectivity index (χ1) is 7.29. The Balaban J connectivity index is 2.31. The normalized spacial score (nSPS) is 17.5. The predicted octanol–water partition coefficient (Wildman–Crippen LogP) is 2.70. The quantitative estimate of drug-likeness (QED) is 0.682. The van der Waals surface area contributed by atoms with Crippen LogP contribution in [0.5, 0.6) is 0 Å². The van der Waals surface area contributed by atoms with E-state index in [0.717, 1.165) is 24.8 Å². The van der Waals surface area contributed by atoms with E-state index in [1.807, 2.05) is 30.3 Å². The van der Waals surface area contributed by atoms with Crippen LogP contribution >= 0.6 is 0 Å². The van der Waals surface area contributed by atoms with E-state index in [9.17, 15) is 4.79 Å². The van der Waals surface area contributed by atoms with E-state index in [0.29, 0.717) is 0 Å². The summed E-state index contributed by atoms with van der Waals surface area (Å²) < 4.78 is 0. The fraction of sp³-hybridized carbons (Fsp3) is 0.357. The molecule has 0 heterocycles. The van der Waals surface area contributed by atoms with Crippen LogP contribution < -0.4 is 0 Å². The highest BCUT2D eigenvalue weighted by Gasteiger charge is 2.44. The molecule has 0 spiro atoms. The standard InChI is InChI=1S/C14H14O/c1-2-7-13(15)14(10-6-11-14)12-8-4-3-5-9-12/h1,3-5,8-9H,6-7,10-11H2. The van der Waals surface area contributed by atoms with Crippen LogP contribution in [0.25, 0.3) is 0 Å². The number of ketones is 1. The third-order valence-corrected chi connectivity index (χ3v) is 3.33. The van der Waals surface area contributed by atoms with Gasteiger partial charge in [0.1, 0.15) is 0 Å². The van der Waals surface area contributed by atoms with Crippen LogP contribution in [0.3, 0.4) is 0 Å². The van der Waals surface area contributed by atoms with Gasteiger partial charge in [0.15, 0.2) is 5.78 Å². The van der Waals surface area contributed by atoms with Gasteiger partial charge < -0.3 is 0 Å². The molecule has 76 valence electrons. The monoisotopic (exact) mass is 198 g/mol. The van der Waals surface area contributed by atoms with Crippen molar-refractivity contribution in [2.45, 2.75) is 31.1 Å². The zero-order valence-corrected chi connectivity index (χ0v) is 8.70. The number of carbonyl (C=O) groups is 1. The summed E-state index contributed by atoms with van der Waals surface area (Å²) >= 11 is 0. The van der Waals surface area contributed by atoms with E-state index in [-0.39, 0.29) is 17.6 Å². The number of terminal acetylenes is 1. The molecule has 1 fully saturated rings. The molecule has 0 atom stereocenters. The van der Waals surface area contributed by atoms with Crippen LogP contribution in [-0.4, -0.2) is 5.78 Å². The summed E-state index contributed by atoms with van der Waals surface area (Å²) in [7, 11) is 0. The summed E-state index contributed by atoms with van der Waals surface area (Å²) in [6, 6.07) is 10.0. The summed E-state index contributed by atoms with van der Waals surface area (Å²) in [5.74, 6) is 2.67. The Kier molecular flexibility index (Phi) is 2.60. The summed E-state index contributed by atoms with van der Waals surface area (Å²) in [5, 5.41) is 0. The molecule has 2 rings (SSSR count). The molecule has 0 bridgehead atoms. The zero-order valence-electron chi connectivity index (χ0n) is 8.70. The van der Waals surface area contributed by atoms with Crippen LogP contribution in [0.15, 0.2) is 30.3 Å². The fourth-order valence-corrected chi connectivity index (χ4v) is 2.28. The van der Waals surface area contributed by atoms with Crippen LogP contribution in [0.4, 0.5) is 0 Å². The van der Waals surface area contributed by atoms with Crippen molar-refractivity contribution in [2.75, 3.05) is 0 Å². The van der Waals surface area contributed by atoms with Crippen molar-refractivity contribution in [2.24, 2.45) is 0 Å². The first-order valence-electron chi connectivity index (χ1n) is 5.32. The molecule has 1 heteroatoms. The van der Waals surface area contributed by atoms with Crippen LogP contribution in [0.2, 0.25) is 0 Å². The van der Waals surface area contributed by atoms with E-state index in [2.05, 4.69) is 5.92 Å². The van der Waals surface area contributed by atoms with Crippen molar-refractivity contribution in [3.8, 4) is 12.3 Å². The predicted molar refractivity (Wildman–Crippen MR) is 60.4 cm³/mol. The number of benzene rings is 1.